The molecule has 0 bridgehead atoms. The molecule has 0 saturated carbocycles. The maximum atomic E-state index is 5.85. The number of oxazole rings is 1. The van der Waals surface area contributed by atoms with Crippen molar-refractivity contribution in [3.05, 3.63) is 76.7 Å². The van der Waals surface area contributed by atoms with Gasteiger partial charge in [0.2, 0.25) is 5.89 Å². The Hall–Kier alpha value is -4.11. The average Bonchev–Trinajstić information content (AvgIpc) is 3.37. The number of rotatable bonds is 8. The molecular weight excluding hydrogens is 536 g/mol. The molecule has 188 valence electrons. The van der Waals surface area contributed by atoms with Crippen LogP contribution in [0.25, 0.3) is 33.5 Å². The van der Waals surface area contributed by atoms with Gasteiger partial charge in [-0.2, -0.15) is 10.2 Å². The number of aromatic nitrogens is 3. The minimum atomic E-state index is 0.522. The first kappa shape index (κ1) is 24.6. The molecule has 0 aliphatic heterocycles. The van der Waals surface area contributed by atoms with Crippen LogP contribution in [-0.4, -0.2) is 36.5 Å². The third-order valence-electron chi connectivity index (χ3n) is 6.06. The molecule has 0 aliphatic carbocycles. The summed E-state index contributed by atoms with van der Waals surface area (Å²) < 4.78 is 23.0. The molecule has 2 heterocycles. The normalized spacial score (nSPS) is 10.9. The van der Waals surface area contributed by atoms with E-state index >= 15 is 0 Å². The van der Waals surface area contributed by atoms with Crippen molar-refractivity contribution in [3.63, 3.8) is 0 Å². The highest BCUT2D eigenvalue weighted by Crippen LogP contribution is 2.40. The van der Waals surface area contributed by atoms with Crippen molar-refractivity contribution in [1.82, 2.24) is 15.2 Å². The van der Waals surface area contributed by atoms with Crippen LogP contribution in [-0.2, 0) is 6.54 Å². The molecule has 8 nitrogen and oxygen atoms in total. The van der Waals surface area contributed by atoms with E-state index in [0.29, 0.717) is 18.2 Å². The van der Waals surface area contributed by atoms with Gasteiger partial charge < -0.3 is 23.9 Å². The second-order valence-electron chi connectivity index (χ2n) is 8.33. The number of hydrogen-bond acceptors (Lipinski definition) is 8. The predicted molar refractivity (Wildman–Crippen MR) is 146 cm³/mol. The van der Waals surface area contributed by atoms with Crippen LogP contribution >= 0.6 is 15.9 Å². The van der Waals surface area contributed by atoms with Crippen molar-refractivity contribution in [1.29, 1.82) is 0 Å². The lowest BCUT2D eigenvalue weighted by Crippen LogP contribution is -2.03. The van der Waals surface area contributed by atoms with Gasteiger partial charge in [-0.25, -0.2) is 4.98 Å². The van der Waals surface area contributed by atoms with Crippen LogP contribution in [0.1, 0.15) is 11.3 Å². The van der Waals surface area contributed by atoms with E-state index in [0.717, 1.165) is 60.6 Å². The van der Waals surface area contributed by atoms with E-state index in [4.69, 9.17) is 18.6 Å². The molecule has 5 rings (SSSR count). The van der Waals surface area contributed by atoms with Crippen LogP contribution in [0.15, 0.2) is 69.8 Å². The Kier molecular flexibility index (Phi) is 6.96. The van der Waals surface area contributed by atoms with Crippen molar-refractivity contribution in [2.24, 2.45) is 0 Å². The summed E-state index contributed by atoms with van der Waals surface area (Å²) in [6.45, 7) is 2.42. The second kappa shape index (κ2) is 10.5. The zero-order valence-corrected chi connectivity index (χ0v) is 22.4. The van der Waals surface area contributed by atoms with Crippen LogP contribution < -0.4 is 19.5 Å². The van der Waals surface area contributed by atoms with Crippen molar-refractivity contribution >= 4 is 32.5 Å². The molecule has 2 aromatic heterocycles. The van der Waals surface area contributed by atoms with Gasteiger partial charge in [0.05, 0.1) is 49.4 Å². The smallest absolute Gasteiger partial charge is 0.226 e. The minimum Gasteiger partial charge on any atom is -0.497 e. The Morgan fingerprint density at radius 2 is 1.73 bits per heavy atom. The Balaban J connectivity index is 1.51. The van der Waals surface area contributed by atoms with Crippen LogP contribution in [0.3, 0.4) is 0 Å². The monoisotopic (exact) mass is 560 g/mol. The van der Waals surface area contributed by atoms with Gasteiger partial charge in [0.15, 0.2) is 0 Å². The van der Waals surface area contributed by atoms with E-state index in [1.165, 1.54) is 0 Å². The number of ether oxygens (including phenoxy) is 3. The lowest BCUT2D eigenvalue weighted by molar-refractivity contribution is 0.391. The number of hydrogen-bond donors (Lipinski definition) is 1. The van der Waals surface area contributed by atoms with E-state index in [2.05, 4.69) is 42.5 Å². The Morgan fingerprint density at radius 3 is 2.46 bits per heavy atom. The number of benzene rings is 3. The molecule has 5 aromatic rings. The van der Waals surface area contributed by atoms with E-state index in [1.807, 2.05) is 49.4 Å². The zero-order valence-electron chi connectivity index (χ0n) is 20.8. The van der Waals surface area contributed by atoms with E-state index in [-0.39, 0.29) is 0 Å². The molecule has 1 N–H and O–H groups in total. The number of aryl methyl sites for hydroxylation is 1. The molecule has 0 amide bonds. The molecule has 9 heteroatoms. The van der Waals surface area contributed by atoms with Crippen molar-refractivity contribution in [2.75, 3.05) is 26.6 Å². The fourth-order valence-electron chi connectivity index (χ4n) is 4.16. The molecule has 0 spiro atoms. The number of nitrogens with zero attached hydrogens (tertiary/aromatic N) is 3. The first-order valence-electron chi connectivity index (χ1n) is 11.5. The summed E-state index contributed by atoms with van der Waals surface area (Å²) in [6, 6.07) is 15.8. The first-order chi connectivity index (χ1) is 18.0. The highest BCUT2D eigenvalue weighted by atomic mass is 79.9. The number of nitrogens with one attached hydrogen (secondary N) is 1. The summed E-state index contributed by atoms with van der Waals surface area (Å²) in [5.41, 5.74) is 5.32. The van der Waals surface area contributed by atoms with Gasteiger partial charge in [-0.15, -0.1) is 0 Å². The molecule has 0 atom stereocenters. The highest BCUT2D eigenvalue weighted by Gasteiger charge is 2.17. The topological polar surface area (TPSA) is 91.5 Å². The number of methoxy groups -OCH3 is 3. The first-order valence-corrected chi connectivity index (χ1v) is 12.3. The van der Waals surface area contributed by atoms with Gasteiger partial charge in [-0.05, 0) is 70.4 Å². The summed E-state index contributed by atoms with van der Waals surface area (Å²) in [4.78, 5) is 4.44. The van der Waals surface area contributed by atoms with Crippen molar-refractivity contribution in [2.45, 2.75) is 13.5 Å². The fourth-order valence-corrected chi connectivity index (χ4v) is 4.67. The average molecular weight is 561 g/mol. The van der Waals surface area contributed by atoms with Crippen LogP contribution in [0.2, 0.25) is 0 Å². The molecule has 3 aromatic carbocycles. The van der Waals surface area contributed by atoms with Gasteiger partial charge in [0, 0.05) is 29.1 Å². The van der Waals surface area contributed by atoms with Gasteiger partial charge in [-0.3, -0.25) is 0 Å². The molecular formula is C28H25BrN4O4. The third-order valence-corrected chi connectivity index (χ3v) is 6.68. The molecule has 0 unspecified atom stereocenters. The lowest BCUT2D eigenvalue weighted by atomic mass is 9.98. The molecule has 0 fully saturated rings. The second-order valence-corrected chi connectivity index (χ2v) is 9.18. The summed E-state index contributed by atoms with van der Waals surface area (Å²) in [5.74, 6) is 3.44. The quantitative estimate of drug-likeness (QED) is 0.225. The number of anilines is 1. The maximum Gasteiger partial charge on any atom is 0.226 e. The summed E-state index contributed by atoms with van der Waals surface area (Å²) in [7, 11) is 4.91. The van der Waals surface area contributed by atoms with Gasteiger partial charge in [-0.1, -0.05) is 6.07 Å². The predicted octanol–water partition coefficient (Wildman–Crippen LogP) is 6.66. The summed E-state index contributed by atoms with van der Waals surface area (Å²) in [5, 5.41) is 13.0. The highest BCUT2D eigenvalue weighted by molar-refractivity contribution is 9.10. The van der Waals surface area contributed by atoms with Gasteiger partial charge in [0.1, 0.15) is 23.0 Å². The van der Waals surface area contributed by atoms with Crippen LogP contribution in [0, 0.1) is 6.92 Å². The van der Waals surface area contributed by atoms with Crippen molar-refractivity contribution < 1.29 is 18.6 Å². The molecule has 0 aliphatic rings. The van der Waals surface area contributed by atoms with Crippen molar-refractivity contribution in [3.8, 4) is 39.8 Å². The number of fused-ring (bicyclic) bond motifs is 1. The van der Waals surface area contributed by atoms with Crippen LogP contribution in [0.5, 0.6) is 17.2 Å². The fraction of sp³-hybridized carbons (Fsp3) is 0.179. The molecule has 0 saturated heterocycles. The summed E-state index contributed by atoms with van der Waals surface area (Å²) in [6.07, 6.45) is 3.43. The Labute approximate surface area is 222 Å². The zero-order chi connectivity index (χ0) is 25.9. The SMILES string of the molecule is COc1ccc(CNc2cnnc3cc(-c4cc(Br)c(OC)cc4-c4ncc(C)o4)ccc23)c(OC)c1. The van der Waals surface area contributed by atoms with E-state index in [9.17, 15) is 0 Å². The third kappa shape index (κ3) is 4.95. The Bertz CT molecular complexity index is 1580. The van der Waals surface area contributed by atoms with E-state index in [1.54, 1.807) is 33.7 Å². The van der Waals surface area contributed by atoms with Gasteiger partial charge in [0.25, 0.3) is 0 Å². The van der Waals surface area contributed by atoms with Crippen LogP contribution in [0.4, 0.5) is 5.69 Å². The van der Waals surface area contributed by atoms with E-state index < -0.39 is 0 Å². The Morgan fingerprint density at radius 1 is 0.892 bits per heavy atom. The minimum absolute atomic E-state index is 0.522. The lowest BCUT2D eigenvalue weighted by Gasteiger charge is -2.14. The molecule has 37 heavy (non-hydrogen) atoms. The maximum absolute atomic E-state index is 5.85. The molecule has 0 radical (unpaired) electrons. The number of halogens is 1. The van der Waals surface area contributed by atoms with Gasteiger partial charge >= 0.3 is 0 Å². The summed E-state index contributed by atoms with van der Waals surface area (Å²) >= 11 is 3.61. The standard InChI is InChI=1S/C28H25BrN4O4/c1-16-13-31-28(37-16)22-12-27(36-4)23(29)11-21(22)17-6-8-20-24(9-17)33-32-15-25(20)30-14-18-5-7-19(34-2)10-26(18)35-3/h5-13,15H,14H2,1-4H3,(H,30,33). The largest absolute Gasteiger partial charge is 0.497 e.